The summed E-state index contributed by atoms with van der Waals surface area (Å²) >= 11 is 0. The van der Waals surface area contributed by atoms with Gasteiger partial charge in [-0.25, -0.2) is 0 Å². The maximum atomic E-state index is 9.84. The molecule has 17 heavy (non-hydrogen) atoms. The first-order valence-electron chi connectivity index (χ1n) is 6.45. The predicted octanol–water partition coefficient (Wildman–Crippen LogP) is 2.45. The number of aromatic nitrogens is 2. The Morgan fingerprint density at radius 1 is 1.35 bits per heavy atom. The van der Waals surface area contributed by atoms with Gasteiger partial charge in [0.05, 0.1) is 18.8 Å². The lowest BCUT2D eigenvalue weighted by Gasteiger charge is -2.08. The van der Waals surface area contributed by atoms with Gasteiger partial charge in [0, 0.05) is 11.3 Å². The van der Waals surface area contributed by atoms with E-state index in [1.165, 1.54) is 0 Å². The topological polar surface area (TPSA) is 47.3 Å². The molecule has 0 spiro atoms. The monoisotopic (exact) mass is 240 g/mol. The first-order chi connectivity index (χ1) is 8.06. The van der Waals surface area contributed by atoms with Crippen molar-refractivity contribution in [3.8, 4) is 5.88 Å². The van der Waals surface area contributed by atoms with E-state index >= 15 is 0 Å². The highest BCUT2D eigenvalue weighted by atomic mass is 16.5. The van der Waals surface area contributed by atoms with E-state index in [1.54, 1.807) is 0 Å². The summed E-state index contributed by atoms with van der Waals surface area (Å²) in [6.45, 7) is 11.2. The highest BCUT2D eigenvalue weighted by Gasteiger charge is 2.41. The van der Waals surface area contributed by atoms with E-state index in [-0.39, 0.29) is 0 Å². The highest BCUT2D eigenvalue weighted by molar-refractivity contribution is 5.29. The van der Waals surface area contributed by atoms with Crippen LogP contribution < -0.4 is 4.74 Å². The third kappa shape index (κ3) is 3.22. The number of aliphatic hydroxyl groups is 1. The summed E-state index contributed by atoms with van der Waals surface area (Å²) < 4.78 is 7.27. The highest BCUT2D eigenvalue weighted by Crippen LogP contribution is 2.37. The van der Waals surface area contributed by atoms with Crippen LogP contribution in [-0.4, -0.2) is 27.1 Å². The van der Waals surface area contributed by atoms with Gasteiger partial charge >= 0.3 is 0 Å². The van der Waals surface area contributed by atoms with Crippen molar-refractivity contribution in [3.05, 3.63) is 11.3 Å². The van der Waals surface area contributed by atoms with Crippen LogP contribution in [0.25, 0.3) is 0 Å². The van der Waals surface area contributed by atoms with Crippen LogP contribution >= 0.6 is 0 Å². The van der Waals surface area contributed by atoms with Crippen LogP contribution in [-0.2, 0) is 6.54 Å². The zero-order valence-electron chi connectivity index (χ0n) is 11.6. The van der Waals surface area contributed by atoms with E-state index in [2.05, 4.69) is 5.10 Å². The van der Waals surface area contributed by atoms with Gasteiger partial charge in [0.25, 0.3) is 0 Å². The molecule has 1 saturated carbocycles. The van der Waals surface area contributed by atoms with Gasteiger partial charge in [0.15, 0.2) is 0 Å². The third-order valence-electron chi connectivity index (χ3n) is 3.01. The second-order valence-electron chi connectivity index (χ2n) is 4.33. The lowest BCUT2D eigenvalue weighted by atomic mass is 10.3. The van der Waals surface area contributed by atoms with Gasteiger partial charge in [-0.1, -0.05) is 13.8 Å². The summed E-state index contributed by atoms with van der Waals surface area (Å²) in [4.78, 5) is 0. The average Bonchev–Trinajstić information content (AvgIpc) is 3.00. The van der Waals surface area contributed by atoms with Gasteiger partial charge in [0.1, 0.15) is 0 Å². The minimum atomic E-state index is -0.507. The molecule has 0 radical (unpaired) electrons. The predicted molar refractivity (Wildman–Crippen MR) is 68.4 cm³/mol. The second-order valence-corrected chi connectivity index (χ2v) is 4.33. The summed E-state index contributed by atoms with van der Waals surface area (Å²) in [5.74, 6) is 0.694. The standard InChI is InChI=1S/C11H18N2O2.C2H6/c1-4-15-10-8(2)9(3)13(12-10)7-11(14)5-6-11;1-2/h14H,4-7H2,1-3H3;1-2H3. The Balaban J connectivity index is 0.000000686. The van der Waals surface area contributed by atoms with Crippen molar-refractivity contribution >= 4 is 0 Å². The number of rotatable bonds is 4. The minimum Gasteiger partial charge on any atom is -0.477 e. The Morgan fingerprint density at radius 2 is 1.94 bits per heavy atom. The molecule has 1 N–H and O–H groups in total. The van der Waals surface area contributed by atoms with Crippen LogP contribution in [0.2, 0.25) is 0 Å². The zero-order valence-corrected chi connectivity index (χ0v) is 11.6. The quantitative estimate of drug-likeness (QED) is 0.879. The van der Waals surface area contributed by atoms with E-state index in [4.69, 9.17) is 4.74 Å². The Morgan fingerprint density at radius 3 is 2.41 bits per heavy atom. The average molecular weight is 240 g/mol. The van der Waals surface area contributed by atoms with Crippen molar-refractivity contribution in [2.45, 2.75) is 59.6 Å². The van der Waals surface area contributed by atoms with Crippen LogP contribution in [0.5, 0.6) is 5.88 Å². The molecule has 1 aromatic rings. The SMILES string of the molecule is CC.CCOc1nn(CC2(O)CC2)c(C)c1C. The van der Waals surface area contributed by atoms with E-state index in [9.17, 15) is 5.11 Å². The summed E-state index contributed by atoms with van der Waals surface area (Å²) in [6, 6.07) is 0. The molecule has 1 aliphatic rings. The number of hydrogen-bond donors (Lipinski definition) is 1. The van der Waals surface area contributed by atoms with Gasteiger partial charge in [-0.2, -0.15) is 0 Å². The molecular formula is C13H24N2O2. The fourth-order valence-corrected chi connectivity index (χ4v) is 1.62. The summed E-state index contributed by atoms with van der Waals surface area (Å²) in [5.41, 5.74) is 1.65. The fraction of sp³-hybridized carbons (Fsp3) is 0.769. The normalized spacial score (nSPS) is 16.1. The Kier molecular flexibility index (Phi) is 4.57. The molecular weight excluding hydrogens is 216 g/mol. The molecule has 2 rings (SSSR count). The first-order valence-corrected chi connectivity index (χ1v) is 6.45. The third-order valence-corrected chi connectivity index (χ3v) is 3.01. The molecule has 98 valence electrons. The molecule has 0 atom stereocenters. The number of nitrogens with zero attached hydrogens (tertiary/aromatic N) is 2. The molecule has 0 aliphatic heterocycles. The molecule has 0 aromatic carbocycles. The van der Waals surface area contributed by atoms with Crippen LogP contribution in [0, 0.1) is 13.8 Å². The Labute approximate surface area is 104 Å². The van der Waals surface area contributed by atoms with E-state index in [1.807, 2.05) is 39.3 Å². The van der Waals surface area contributed by atoms with Crippen LogP contribution in [0.3, 0.4) is 0 Å². The van der Waals surface area contributed by atoms with Crippen molar-refractivity contribution < 1.29 is 9.84 Å². The molecule has 1 aliphatic carbocycles. The van der Waals surface area contributed by atoms with Crippen LogP contribution in [0.4, 0.5) is 0 Å². The molecule has 4 nitrogen and oxygen atoms in total. The van der Waals surface area contributed by atoms with Crippen LogP contribution in [0.15, 0.2) is 0 Å². The molecule has 0 bridgehead atoms. The van der Waals surface area contributed by atoms with E-state index in [0.717, 1.165) is 24.1 Å². The summed E-state index contributed by atoms with van der Waals surface area (Å²) in [6.07, 6.45) is 1.77. The van der Waals surface area contributed by atoms with E-state index in [0.29, 0.717) is 19.0 Å². The lowest BCUT2D eigenvalue weighted by Crippen LogP contribution is -2.18. The number of hydrogen-bond acceptors (Lipinski definition) is 3. The van der Waals surface area contributed by atoms with Gasteiger partial charge in [0.2, 0.25) is 5.88 Å². The van der Waals surface area contributed by atoms with E-state index < -0.39 is 5.60 Å². The molecule has 0 amide bonds. The molecule has 1 aromatic heterocycles. The van der Waals surface area contributed by atoms with Crippen molar-refractivity contribution in [2.75, 3.05) is 6.61 Å². The van der Waals surface area contributed by atoms with Gasteiger partial charge < -0.3 is 9.84 Å². The smallest absolute Gasteiger partial charge is 0.235 e. The largest absolute Gasteiger partial charge is 0.477 e. The van der Waals surface area contributed by atoms with Crippen LogP contribution in [0.1, 0.15) is 44.9 Å². The molecule has 4 heteroatoms. The van der Waals surface area contributed by atoms with Gasteiger partial charge in [-0.05, 0) is 33.6 Å². The van der Waals surface area contributed by atoms with Gasteiger partial charge in [-0.3, -0.25) is 4.68 Å². The number of ether oxygens (including phenoxy) is 1. The molecule has 0 saturated heterocycles. The van der Waals surface area contributed by atoms with Gasteiger partial charge in [-0.15, -0.1) is 5.10 Å². The maximum Gasteiger partial charge on any atom is 0.235 e. The van der Waals surface area contributed by atoms with Crippen molar-refractivity contribution in [2.24, 2.45) is 0 Å². The van der Waals surface area contributed by atoms with Crippen molar-refractivity contribution in [3.63, 3.8) is 0 Å². The molecule has 1 heterocycles. The van der Waals surface area contributed by atoms with Crippen molar-refractivity contribution in [1.82, 2.24) is 9.78 Å². The minimum absolute atomic E-state index is 0.507. The fourth-order valence-electron chi connectivity index (χ4n) is 1.62. The van der Waals surface area contributed by atoms with Crippen molar-refractivity contribution in [1.29, 1.82) is 0 Å². The second kappa shape index (κ2) is 5.54. The zero-order chi connectivity index (χ0) is 13.1. The Bertz CT molecular complexity index is 368. The molecule has 0 unspecified atom stereocenters. The molecule has 1 fully saturated rings. The first kappa shape index (κ1) is 14.0. The summed E-state index contributed by atoms with van der Waals surface area (Å²) in [7, 11) is 0. The Hall–Kier alpha value is -1.03. The summed E-state index contributed by atoms with van der Waals surface area (Å²) in [5, 5.41) is 14.2. The lowest BCUT2D eigenvalue weighted by molar-refractivity contribution is 0.123. The maximum absolute atomic E-state index is 9.84.